The first-order chi connectivity index (χ1) is 9.49. The van der Waals surface area contributed by atoms with E-state index in [1.165, 1.54) is 18.2 Å². The number of hydrogen-bond acceptors (Lipinski definition) is 5. The molecule has 2 atom stereocenters. The van der Waals surface area contributed by atoms with Crippen molar-refractivity contribution < 1.29 is 9.72 Å². The third-order valence-corrected chi connectivity index (χ3v) is 3.59. The molecule has 2 rings (SSSR count). The van der Waals surface area contributed by atoms with Gasteiger partial charge in [0.25, 0.3) is 11.6 Å². The fourth-order valence-corrected chi connectivity index (χ4v) is 2.32. The summed E-state index contributed by atoms with van der Waals surface area (Å²) in [4.78, 5) is 22.4. The van der Waals surface area contributed by atoms with Crippen molar-refractivity contribution in [1.29, 1.82) is 0 Å². The Morgan fingerprint density at radius 1 is 1.55 bits per heavy atom. The molecule has 4 N–H and O–H groups in total. The molecular formula is C13H18N4O3. The van der Waals surface area contributed by atoms with Crippen molar-refractivity contribution in [3.05, 3.63) is 33.9 Å². The number of rotatable bonds is 3. The molecule has 1 heterocycles. The summed E-state index contributed by atoms with van der Waals surface area (Å²) in [5.41, 5.74) is 5.59. The zero-order chi connectivity index (χ0) is 14.7. The van der Waals surface area contributed by atoms with E-state index >= 15 is 0 Å². The molecule has 1 aromatic rings. The Morgan fingerprint density at radius 2 is 2.30 bits per heavy atom. The molecule has 2 unspecified atom stereocenters. The third kappa shape index (κ3) is 3.05. The average molecular weight is 278 g/mol. The maximum absolute atomic E-state index is 12.1. The van der Waals surface area contributed by atoms with E-state index in [0.717, 1.165) is 19.5 Å². The molecule has 1 aliphatic rings. The molecule has 0 aliphatic carbocycles. The molecule has 1 aromatic carbocycles. The Kier molecular flexibility index (Phi) is 4.19. The molecule has 108 valence electrons. The number of hydrogen-bond donors (Lipinski definition) is 3. The van der Waals surface area contributed by atoms with Gasteiger partial charge in [-0.1, -0.05) is 6.92 Å². The topological polar surface area (TPSA) is 110 Å². The van der Waals surface area contributed by atoms with Crippen molar-refractivity contribution in [2.45, 2.75) is 19.4 Å². The number of nitro benzene ring substituents is 1. The van der Waals surface area contributed by atoms with Gasteiger partial charge in [0, 0.05) is 17.7 Å². The number of carbonyl (C=O) groups is 1. The van der Waals surface area contributed by atoms with Crippen LogP contribution in [-0.4, -0.2) is 30.0 Å². The number of nitrogens with zero attached hydrogens (tertiary/aromatic N) is 1. The first-order valence-electron chi connectivity index (χ1n) is 6.54. The van der Waals surface area contributed by atoms with Gasteiger partial charge in [-0.2, -0.15) is 0 Å². The Bertz CT molecular complexity index is 532. The van der Waals surface area contributed by atoms with Crippen molar-refractivity contribution in [3.8, 4) is 0 Å². The molecule has 0 saturated carbocycles. The smallest absolute Gasteiger partial charge is 0.292 e. The maximum Gasteiger partial charge on any atom is 0.292 e. The molecule has 7 heteroatoms. The summed E-state index contributed by atoms with van der Waals surface area (Å²) in [5.74, 6) is 0.0308. The highest BCUT2D eigenvalue weighted by Gasteiger charge is 2.24. The lowest BCUT2D eigenvalue weighted by Crippen LogP contribution is -2.48. The van der Waals surface area contributed by atoms with E-state index in [0.29, 0.717) is 5.92 Å². The number of benzene rings is 1. The standard InChI is InChI=1S/C13H18N4O3/c1-8-7-15-5-4-11(8)16-13(18)9-2-3-10(14)12(6-9)17(19)20/h2-3,6,8,11,15H,4-5,7,14H2,1H3,(H,16,18). The number of nitrogens with one attached hydrogen (secondary N) is 2. The van der Waals surface area contributed by atoms with Gasteiger partial charge in [0.2, 0.25) is 0 Å². The molecule has 1 aliphatic heterocycles. The molecule has 0 bridgehead atoms. The summed E-state index contributed by atoms with van der Waals surface area (Å²) in [6, 6.07) is 4.19. The normalized spacial score (nSPS) is 22.2. The summed E-state index contributed by atoms with van der Waals surface area (Å²) in [6.45, 7) is 3.77. The largest absolute Gasteiger partial charge is 0.393 e. The van der Waals surface area contributed by atoms with E-state index in [4.69, 9.17) is 5.73 Å². The van der Waals surface area contributed by atoms with Crippen molar-refractivity contribution in [3.63, 3.8) is 0 Å². The van der Waals surface area contributed by atoms with Crippen LogP contribution in [-0.2, 0) is 0 Å². The van der Waals surface area contributed by atoms with Gasteiger partial charge < -0.3 is 16.4 Å². The van der Waals surface area contributed by atoms with Gasteiger partial charge in [0.1, 0.15) is 5.69 Å². The number of anilines is 1. The van der Waals surface area contributed by atoms with Crippen molar-refractivity contribution in [2.24, 2.45) is 5.92 Å². The fraction of sp³-hybridized carbons (Fsp3) is 0.462. The number of amides is 1. The second-order valence-corrected chi connectivity index (χ2v) is 5.08. The summed E-state index contributed by atoms with van der Waals surface area (Å²) < 4.78 is 0. The number of carbonyl (C=O) groups excluding carboxylic acids is 1. The van der Waals surface area contributed by atoms with E-state index in [-0.39, 0.29) is 28.9 Å². The first-order valence-corrected chi connectivity index (χ1v) is 6.54. The molecule has 1 fully saturated rings. The number of piperidine rings is 1. The highest BCUT2D eigenvalue weighted by molar-refractivity contribution is 5.95. The van der Waals surface area contributed by atoms with Crippen molar-refractivity contribution in [1.82, 2.24) is 10.6 Å². The van der Waals surface area contributed by atoms with Crippen LogP contribution in [0.15, 0.2) is 18.2 Å². The summed E-state index contributed by atoms with van der Waals surface area (Å²) in [7, 11) is 0. The Hall–Kier alpha value is -2.15. The predicted octanol–water partition coefficient (Wildman–Crippen LogP) is 0.905. The first kappa shape index (κ1) is 14.3. The van der Waals surface area contributed by atoms with Gasteiger partial charge in [-0.15, -0.1) is 0 Å². The number of nitrogen functional groups attached to an aromatic ring is 1. The van der Waals surface area contributed by atoms with Gasteiger partial charge in [-0.05, 0) is 37.6 Å². The van der Waals surface area contributed by atoms with Crippen LogP contribution < -0.4 is 16.4 Å². The molecule has 0 aromatic heterocycles. The van der Waals surface area contributed by atoms with Gasteiger partial charge in [0.15, 0.2) is 0 Å². The molecule has 20 heavy (non-hydrogen) atoms. The zero-order valence-corrected chi connectivity index (χ0v) is 11.3. The van der Waals surface area contributed by atoms with Crippen LogP contribution in [0, 0.1) is 16.0 Å². The SMILES string of the molecule is CC1CNCCC1NC(=O)c1ccc(N)c([N+](=O)[O-])c1. The third-order valence-electron chi connectivity index (χ3n) is 3.59. The van der Waals surface area contributed by atoms with E-state index in [1.807, 2.05) is 0 Å². The van der Waals surface area contributed by atoms with Gasteiger partial charge in [-0.25, -0.2) is 0 Å². The number of nitrogens with two attached hydrogens (primary N) is 1. The van der Waals surface area contributed by atoms with Crippen LogP contribution in [0.1, 0.15) is 23.7 Å². The summed E-state index contributed by atoms with van der Waals surface area (Å²) in [5, 5.41) is 17.0. The second-order valence-electron chi connectivity index (χ2n) is 5.08. The Morgan fingerprint density at radius 3 is 2.95 bits per heavy atom. The van der Waals surface area contributed by atoms with Crippen molar-refractivity contribution in [2.75, 3.05) is 18.8 Å². The van der Waals surface area contributed by atoms with E-state index in [9.17, 15) is 14.9 Å². The summed E-state index contributed by atoms with van der Waals surface area (Å²) >= 11 is 0. The van der Waals surface area contributed by atoms with Gasteiger partial charge in [0.05, 0.1) is 4.92 Å². The van der Waals surface area contributed by atoms with Crippen LogP contribution in [0.3, 0.4) is 0 Å². The van der Waals surface area contributed by atoms with Crippen LogP contribution in [0.2, 0.25) is 0 Å². The van der Waals surface area contributed by atoms with Crippen LogP contribution in [0.4, 0.5) is 11.4 Å². The van der Waals surface area contributed by atoms with E-state index in [2.05, 4.69) is 17.6 Å². The molecule has 0 spiro atoms. The lowest BCUT2D eigenvalue weighted by Gasteiger charge is -2.30. The van der Waals surface area contributed by atoms with Crippen molar-refractivity contribution >= 4 is 17.3 Å². The van der Waals surface area contributed by atoms with Crippen LogP contribution in [0.25, 0.3) is 0 Å². The molecular weight excluding hydrogens is 260 g/mol. The van der Waals surface area contributed by atoms with E-state index < -0.39 is 4.92 Å². The quantitative estimate of drug-likeness (QED) is 0.432. The highest BCUT2D eigenvalue weighted by Crippen LogP contribution is 2.22. The average Bonchev–Trinajstić information content (AvgIpc) is 2.41. The molecule has 0 radical (unpaired) electrons. The van der Waals surface area contributed by atoms with Gasteiger partial charge in [-0.3, -0.25) is 14.9 Å². The molecule has 1 saturated heterocycles. The second kappa shape index (κ2) is 5.87. The van der Waals surface area contributed by atoms with Crippen LogP contribution in [0.5, 0.6) is 0 Å². The highest BCUT2D eigenvalue weighted by atomic mass is 16.6. The minimum atomic E-state index is -0.584. The Balaban J connectivity index is 2.13. The van der Waals surface area contributed by atoms with Crippen LogP contribution >= 0.6 is 0 Å². The fourth-order valence-electron chi connectivity index (χ4n) is 2.32. The monoisotopic (exact) mass is 278 g/mol. The minimum Gasteiger partial charge on any atom is -0.393 e. The van der Waals surface area contributed by atoms with E-state index in [1.54, 1.807) is 0 Å². The molecule has 1 amide bonds. The summed E-state index contributed by atoms with van der Waals surface area (Å²) in [6.07, 6.45) is 0.851. The predicted molar refractivity (Wildman–Crippen MR) is 75.4 cm³/mol. The number of nitro groups is 1. The Labute approximate surface area is 116 Å². The lowest BCUT2D eigenvalue weighted by atomic mass is 9.95. The zero-order valence-electron chi connectivity index (χ0n) is 11.3. The lowest BCUT2D eigenvalue weighted by molar-refractivity contribution is -0.383. The van der Waals surface area contributed by atoms with Gasteiger partial charge >= 0.3 is 0 Å². The minimum absolute atomic E-state index is 0.0572. The molecule has 7 nitrogen and oxygen atoms in total. The maximum atomic E-state index is 12.1.